The Kier molecular flexibility index (Phi) is 7.48. The van der Waals surface area contributed by atoms with Gasteiger partial charge in [0.2, 0.25) is 5.91 Å². The average molecular weight is 465 g/mol. The normalized spacial score (nSPS) is 15.7. The van der Waals surface area contributed by atoms with Crippen molar-refractivity contribution in [1.82, 2.24) is 10.3 Å². The summed E-state index contributed by atoms with van der Waals surface area (Å²) in [5, 5.41) is 4.86. The van der Waals surface area contributed by atoms with Crippen molar-refractivity contribution in [3.8, 4) is 5.75 Å². The molecule has 1 saturated heterocycles. The number of likely N-dealkylation sites (tertiary alicyclic amines) is 1. The number of amides is 1. The molecule has 28 heavy (non-hydrogen) atoms. The molecule has 1 fully saturated rings. The Morgan fingerprint density at radius 1 is 1.29 bits per heavy atom. The Morgan fingerprint density at radius 3 is 2.68 bits per heavy atom. The van der Waals surface area contributed by atoms with E-state index in [1.807, 2.05) is 42.5 Å². The largest absolute Gasteiger partial charge is 0.496 e. The topological polar surface area (TPSA) is 53.9 Å². The van der Waals surface area contributed by atoms with Crippen molar-refractivity contribution < 1.29 is 9.53 Å². The van der Waals surface area contributed by atoms with Crippen molar-refractivity contribution in [3.63, 3.8) is 0 Å². The zero-order valence-electron chi connectivity index (χ0n) is 15.7. The zero-order valence-corrected chi connectivity index (χ0v) is 18.0. The molecule has 1 N–H and O–H groups in total. The molecule has 0 saturated carbocycles. The molecule has 0 radical (unpaired) electrons. The fourth-order valence-corrected chi connectivity index (χ4v) is 3.77. The molecule has 3 rings (SSSR count). The van der Waals surface area contributed by atoms with E-state index in [1.54, 1.807) is 13.3 Å². The van der Waals surface area contributed by atoms with Gasteiger partial charge in [0.25, 0.3) is 0 Å². The van der Waals surface area contributed by atoms with Gasteiger partial charge >= 0.3 is 0 Å². The minimum Gasteiger partial charge on any atom is -0.496 e. The van der Waals surface area contributed by atoms with E-state index in [0.29, 0.717) is 5.75 Å². The van der Waals surface area contributed by atoms with Crippen LogP contribution in [0.2, 0.25) is 5.02 Å². The number of carbonyl (C=O) groups is 1. The van der Waals surface area contributed by atoms with Gasteiger partial charge in [-0.25, -0.2) is 5.43 Å². The molecule has 7 heteroatoms. The lowest BCUT2D eigenvalue weighted by atomic mass is 9.96. The van der Waals surface area contributed by atoms with Gasteiger partial charge in [0, 0.05) is 27.5 Å². The average Bonchev–Trinajstić information content (AvgIpc) is 2.70. The second-order valence-corrected chi connectivity index (χ2v) is 8.15. The van der Waals surface area contributed by atoms with E-state index < -0.39 is 0 Å². The van der Waals surface area contributed by atoms with Gasteiger partial charge in [0.1, 0.15) is 5.75 Å². The molecule has 148 valence electrons. The van der Waals surface area contributed by atoms with E-state index in [1.165, 1.54) is 5.56 Å². The van der Waals surface area contributed by atoms with E-state index in [-0.39, 0.29) is 11.8 Å². The highest BCUT2D eigenvalue weighted by Crippen LogP contribution is 2.22. The molecule has 0 aromatic heterocycles. The van der Waals surface area contributed by atoms with Crippen LogP contribution < -0.4 is 10.2 Å². The molecule has 1 amide bonds. The number of halogens is 2. The summed E-state index contributed by atoms with van der Waals surface area (Å²) in [4.78, 5) is 14.8. The Morgan fingerprint density at radius 2 is 2.00 bits per heavy atom. The molecule has 2 aromatic rings. The van der Waals surface area contributed by atoms with Crippen LogP contribution in [-0.4, -0.2) is 37.2 Å². The number of carbonyl (C=O) groups excluding carboxylic acids is 1. The first kappa shape index (κ1) is 20.8. The number of hydrogen-bond acceptors (Lipinski definition) is 4. The number of benzene rings is 2. The first-order valence-corrected chi connectivity index (χ1v) is 10.4. The van der Waals surface area contributed by atoms with Crippen molar-refractivity contribution in [2.75, 3.05) is 20.2 Å². The van der Waals surface area contributed by atoms with Crippen molar-refractivity contribution in [2.24, 2.45) is 11.0 Å². The van der Waals surface area contributed by atoms with Crippen LogP contribution in [-0.2, 0) is 11.3 Å². The molecule has 0 unspecified atom stereocenters. The minimum atomic E-state index is -0.0312. The summed E-state index contributed by atoms with van der Waals surface area (Å²) in [6.45, 7) is 2.67. The fourth-order valence-electron chi connectivity index (χ4n) is 3.26. The quantitative estimate of drug-likeness (QED) is 0.507. The third-order valence-corrected chi connectivity index (χ3v) is 5.59. The zero-order chi connectivity index (χ0) is 19.9. The van der Waals surface area contributed by atoms with E-state index in [9.17, 15) is 4.79 Å². The summed E-state index contributed by atoms with van der Waals surface area (Å²) in [6.07, 6.45) is 3.27. The summed E-state index contributed by atoms with van der Waals surface area (Å²) in [7, 11) is 1.61. The second-order valence-electron chi connectivity index (χ2n) is 6.80. The molecular formula is C21H23BrClN3O2. The van der Waals surface area contributed by atoms with Crippen molar-refractivity contribution in [2.45, 2.75) is 19.4 Å². The highest BCUT2D eigenvalue weighted by atomic mass is 79.9. The van der Waals surface area contributed by atoms with E-state index in [4.69, 9.17) is 16.3 Å². The molecule has 0 aliphatic carbocycles. The maximum absolute atomic E-state index is 12.4. The van der Waals surface area contributed by atoms with Crippen molar-refractivity contribution >= 4 is 39.7 Å². The van der Waals surface area contributed by atoms with Crippen LogP contribution in [0.1, 0.15) is 24.0 Å². The van der Waals surface area contributed by atoms with E-state index in [0.717, 1.165) is 47.5 Å². The van der Waals surface area contributed by atoms with Crippen LogP contribution in [0.4, 0.5) is 0 Å². The minimum absolute atomic E-state index is 0.0111. The SMILES string of the molecule is COc1ccc(Br)cc1C=NNC(=O)C1CCN(Cc2ccc(Cl)cc2)CC1. The van der Waals surface area contributed by atoms with Gasteiger partial charge in [-0.05, 0) is 61.8 Å². The van der Waals surface area contributed by atoms with Crippen molar-refractivity contribution in [3.05, 3.63) is 63.1 Å². The first-order valence-electron chi connectivity index (χ1n) is 9.18. The number of methoxy groups -OCH3 is 1. The monoisotopic (exact) mass is 463 g/mol. The molecular weight excluding hydrogens is 442 g/mol. The lowest BCUT2D eigenvalue weighted by molar-refractivity contribution is -0.126. The van der Waals surface area contributed by atoms with Gasteiger partial charge in [-0.3, -0.25) is 9.69 Å². The van der Waals surface area contributed by atoms with Gasteiger partial charge in [0.15, 0.2) is 0 Å². The third-order valence-electron chi connectivity index (χ3n) is 4.85. The summed E-state index contributed by atoms with van der Waals surface area (Å²) in [5.74, 6) is 0.663. The molecule has 1 aliphatic heterocycles. The number of ether oxygens (including phenoxy) is 1. The molecule has 2 aromatic carbocycles. The molecule has 1 heterocycles. The number of piperidine rings is 1. The number of hydrazone groups is 1. The smallest absolute Gasteiger partial charge is 0.243 e. The van der Waals surface area contributed by atoms with Crippen LogP contribution in [0.5, 0.6) is 5.75 Å². The lowest BCUT2D eigenvalue weighted by Crippen LogP contribution is -2.39. The van der Waals surface area contributed by atoms with Crippen LogP contribution >= 0.6 is 27.5 Å². The number of nitrogens with zero attached hydrogens (tertiary/aromatic N) is 2. The Bertz CT molecular complexity index is 834. The third kappa shape index (κ3) is 5.80. The Labute approximate surface area is 178 Å². The number of rotatable bonds is 6. The predicted molar refractivity (Wildman–Crippen MR) is 116 cm³/mol. The number of hydrogen-bond donors (Lipinski definition) is 1. The van der Waals surface area contributed by atoms with Gasteiger partial charge in [-0.15, -0.1) is 0 Å². The van der Waals surface area contributed by atoms with Crippen LogP contribution in [0, 0.1) is 5.92 Å². The van der Waals surface area contributed by atoms with Gasteiger partial charge in [0.05, 0.1) is 13.3 Å². The lowest BCUT2D eigenvalue weighted by Gasteiger charge is -2.30. The van der Waals surface area contributed by atoms with E-state index >= 15 is 0 Å². The maximum Gasteiger partial charge on any atom is 0.243 e. The van der Waals surface area contributed by atoms with Gasteiger partial charge in [-0.2, -0.15) is 5.10 Å². The highest BCUT2D eigenvalue weighted by molar-refractivity contribution is 9.10. The highest BCUT2D eigenvalue weighted by Gasteiger charge is 2.24. The number of nitrogens with one attached hydrogen (secondary N) is 1. The molecule has 0 spiro atoms. The second kappa shape index (κ2) is 10.0. The van der Waals surface area contributed by atoms with E-state index in [2.05, 4.69) is 31.4 Å². The Balaban J connectivity index is 1.47. The maximum atomic E-state index is 12.4. The summed E-state index contributed by atoms with van der Waals surface area (Å²) in [6, 6.07) is 13.6. The van der Waals surface area contributed by atoms with Crippen LogP contribution in [0.3, 0.4) is 0 Å². The van der Waals surface area contributed by atoms with Crippen LogP contribution in [0.25, 0.3) is 0 Å². The summed E-state index contributed by atoms with van der Waals surface area (Å²) in [5.41, 5.74) is 4.71. The van der Waals surface area contributed by atoms with Crippen LogP contribution in [0.15, 0.2) is 52.0 Å². The molecule has 0 bridgehead atoms. The first-order chi connectivity index (χ1) is 13.5. The van der Waals surface area contributed by atoms with Gasteiger partial charge in [-0.1, -0.05) is 39.7 Å². The predicted octanol–water partition coefficient (Wildman–Crippen LogP) is 4.47. The standard InChI is InChI=1S/C21H23BrClN3O2/c1-28-20-7-4-18(22)12-17(20)13-24-25-21(27)16-8-10-26(11-9-16)14-15-2-5-19(23)6-3-15/h2-7,12-13,16H,8-11,14H2,1H3,(H,25,27). The van der Waals surface area contributed by atoms with Gasteiger partial charge < -0.3 is 4.74 Å². The molecule has 1 aliphatic rings. The fraction of sp³-hybridized carbons (Fsp3) is 0.333. The summed E-state index contributed by atoms with van der Waals surface area (Å²) >= 11 is 9.36. The summed E-state index contributed by atoms with van der Waals surface area (Å²) < 4.78 is 6.23. The molecule has 0 atom stereocenters. The Hall–Kier alpha value is -1.89. The van der Waals surface area contributed by atoms with Crippen molar-refractivity contribution in [1.29, 1.82) is 0 Å². The molecule has 5 nitrogen and oxygen atoms in total.